The molecule has 0 spiro atoms. The Labute approximate surface area is 112 Å². The highest BCUT2D eigenvalue weighted by Gasteiger charge is 2.45. The van der Waals surface area contributed by atoms with Crippen LogP contribution in [0.4, 0.5) is 13.2 Å². The van der Waals surface area contributed by atoms with Crippen LogP contribution >= 0.6 is 0 Å². The Balaban J connectivity index is 2.81. The third-order valence-electron chi connectivity index (χ3n) is 2.10. The van der Waals surface area contributed by atoms with Crippen molar-refractivity contribution in [3.05, 3.63) is 6.33 Å². The molecule has 1 aromatic heterocycles. The molecule has 0 saturated heterocycles. The minimum absolute atomic E-state index is 0.641. The van der Waals surface area contributed by atoms with Crippen molar-refractivity contribution >= 4 is 19.7 Å². The SMILES string of the molecule is O=S(=O)(CCO)c1ncn(CCS(=O)(=O)C(F)(F)F)n1. The molecule has 0 bridgehead atoms. The van der Waals surface area contributed by atoms with Crippen LogP contribution in [0.2, 0.25) is 0 Å². The van der Waals surface area contributed by atoms with Gasteiger partial charge in [-0.15, -0.1) is 5.10 Å². The Hall–Kier alpha value is -1.21. The van der Waals surface area contributed by atoms with Crippen molar-refractivity contribution in [3.8, 4) is 0 Å². The summed E-state index contributed by atoms with van der Waals surface area (Å²) >= 11 is 0. The second kappa shape index (κ2) is 5.65. The first-order valence-electron chi connectivity index (χ1n) is 5.02. The average molecular weight is 337 g/mol. The van der Waals surface area contributed by atoms with Gasteiger partial charge >= 0.3 is 5.51 Å². The van der Waals surface area contributed by atoms with E-state index in [1.807, 2.05) is 0 Å². The number of halogens is 3. The van der Waals surface area contributed by atoms with Crippen LogP contribution in [0.15, 0.2) is 11.5 Å². The molecule has 0 aliphatic heterocycles. The highest BCUT2D eigenvalue weighted by Crippen LogP contribution is 2.23. The van der Waals surface area contributed by atoms with Crippen molar-refractivity contribution < 1.29 is 35.1 Å². The van der Waals surface area contributed by atoms with Gasteiger partial charge in [0.05, 0.1) is 24.7 Å². The quantitative estimate of drug-likeness (QED) is 0.705. The Bertz CT molecular complexity index is 664. The summed E-state index contributed by atoms with van der Waals surface area (Å²) in [5.74, 6) is -1.92. The van der Waals surface area contributed by atoms with E-state index >= 15 is 0 Å². The van der Waals surface area contributed by atoms with Crippen LogP contribution in [-0.2, 0) is 26.2 Å². The molecule has 0 fully saturated rings. The first kappa shape index (κ1) is 16.8. The first-order chi connectivity index (χ1) is 8.99. The molecule has 13 heteroatoms. The van der Waals surface area contributed by atoms with Crippen LogP contribution in [0.1, 0.15) is 0 Å². The predicted molar refractivity (Wildman–Crippen MR) is 59.0 cm³/mol. The van der Waals surface area contributed by atoms with E-state index in [-0.39, 0.29) is 0 Å². The Kier molecular flexibility index (Phi) is 4.76. The number of nitrogens with zero attached hydrogens (tertiary/aromatic N) is 3. The summed E-state index contributed by atoms with van der Waals surface area (Å²) in [7, 11) is -9.25. The number of hydrogen-bond acceptors (Lipinski definition) is 7. The molecule has 1 N–H and O–H groups in total. The summed E-state index contributed by atoms with van der Waals surface area (Å²) in [6, 6.07) is 0. The molecule has 0 aliphatic rings. The molecule has 0 aliphatic carbocycles. The van der Waals surface area contributed by atoms with Crippen LogP contribution in [0.25, 0.3) is 0 Å². The van der Waals surface area contributed by atoms with Crippen molar-refractivity contribution in [2.45, 2.75) is 17.2 Å². The van der Waals surface area contributed by atoms with Gasteiger partial charge in [0.15, 0.2) is 0 Å². The van der Waals surface area contributed by atoms with Crippen molar-refractivity contribution in [2.75, 3.05) is 18.1 Å². The molecular weight excluding hydrogens is 327 g/mol. The van der Waals surface area contributed by atoms with Gasteiger partial charge in [0, 0.05) is 0 Å². The molecule has 1 aromatic rings. The third kappa shape index (κ3) is 3.89. The molecule has 8 nitrogen and oxygen atoms in total. The lowest BCUT2D eigenvalue weighted by Gasteiger charge is -2.07. The molecule has 0 atom stereocenters. The normalized spacial score (nSPS) is 13.6. The van der Waals surface area contributed by atoms with Crippen molar-refractivity contribution in [1.29, 1.82) is 0 Å². The highest BCUT2D eigenvalue weighted by molar-refractivity contribution is 7.92. The second-order valence-corrected chi connectivity index (χ2v) is 7.70. The Morgan fingerprint density at radius 1 is 1.20 bits per heavy atom. The zero-order valence-electron chi connectivity index (χ0n) is 9.78. The van der Waals surface area contributed by atoms with E-state index in [2.05, 4.69) is 10.1 Å². The van der Waals surface area contributed by atoms with Crippen LogP contribution in [0, 0.1) is 0 Å². The van der Waals surface area contributed by atoms with Gasteiger partial charge in [0.2, 0.25) is 19.7 Å². The third-order valence-corrected chi connectivity index (χ3v) is 4.98. The summed E-state index contributed by atoms with van der Waals surface area (Å²) in [5.41, 5.74) is -5.38. The molecular formula is C7H10F3N3O5S2. The van der Waals surface area contributed by atoms with Crippen LogP contribution in [0.5, 0.6) is 0 Å². The van der Waals surface area contributed by atoms with E-state index in [9.17, 15) is 30.0 Å². The van der Waals surface area contributed by atoms with E-state index < -0.39 is 55.0 Å². The molecule has 1 heterocycles. The number of hydrogen-bond donors (Lipinski definition) is 1. The van der Waals surface area contributed by atoms with Gasteiger partial charge in [0.25, 0.3) is 5.16 Å². The minimum Gasteiger partial charge on any atom is -0.395 e. The molecule has 0 aromatic carbocycles. The number of alkyl halides is 3. The largest absolute Gasteiger partial charge is 0.497 e. The number of rotatable bonds is 6. The number of aromatic nitrogens is 3. The lowest BCUT2D eigenvalue weighted by atomic mass is 10.8. The maximum Gasteiger partial charge on any atom is 0.497 e. The molecule has 116 valence electrons. The van der Waals surface area contributed by atoms with Crippen molar-refractivity contribution in [3.63, 3.8) is 0 Å². The lowest BCUT2D eigenvalue weighted by molar-refractivity contribution is -0.0436. The maximum atomic E-state index is 12.1. The average Bonchev–Trinajstić information content (AvgIpc) is 2.74. The van der Waals surface area contributed by atoms with Gasteiger partial charge in [-0.1, -0.05) is 0 Å². The summed E-state index contributed by atoms with van der Waals surface area (Å²) in [4.78, 5) is 3.35. The Morgan fingerprint density at radius 3 is 2.30 bits per heavy atom. The zero-order valence-corrected chi connectivity index (χ0v) is 11.4. The summed E-state index contributed by atoms with van der Waals surface area (Å²) in [6.45, 7) is -1.36. The smallest absolute Gasteiger partial charge is 0.395 e. The molecule has 0 unspecified atom stereocenters. The highest BCUT2D eigenvalue weighted by atomic mass is 32.2. The topological polar surface area (TPSA) is 119 Å². The maximum absolute atomic E-state index is 12.1. The van der Waals surface area contributed by atoms with Gasteiger partial charge in [0.1, 0.15) is 6.33 Å². The van der Waals surface area contributed by atoms with Gasteiger partial charge in [-0.3, -0.25) is 4.68 Å². The minimum atomic E-state index is -5.38. The molecule has 1 rings (SSSR count). The van der Waals surface area contributed by atoms with Crippen LogP contribution < -0.4 is 0 Å². The van der Waals surface area contributed by atoms with E-state index in [1.54, 1.807) is 0 Å². The standard InChI is InChI=1S/C7H10F3N3O5S2/c8-7(9,10)20(17,18)3-1-13-5-11-6(12-13)19(15,16)4-2-14/h5,14H,1-4H2. The van der Waals surface area contributed by atoms with Crippen LogP contribution in [-0.4, -0.2) is 60.3 Å². The fourth-order valence-corrected chi connectivity index (χ4v) is 2.59. The predicted octanol–water partition coefficient (Wildman–Crippen LogP) is -1.02. The van der Waals surface area contributed by atoms with Crippen LogP contribution in [0.3, 0.4) is 0 Å². The molecule has 20 heavy (non-hydrogen) atoms. The second-order valence-electron chi connectivity index (χ2n) is 3.60. The summed E-state index contributed by atoms with van der Waals surface area (Å²) in [5, 5.41) is 11.2. The van der Waals surface area contributed by atoms with E-state index in [1.165, 1.54) is 0 Å². The fraction of sp³-hybridized carbons (Fsp3) is 0.714. The van der Waals surface area contributed by atoms with Gasteiger partial charge in [-0.25, -0.2) is 21.8 Å². The van der Waals surface area contributed by atoms with E-state index in [0.29, 0.717) is 4.68 Å². The molecule has 0 amide bonds. The van der Waals surface area contributed by atoms with Crippen molar-refractivity contribution in [1.82, 2.24) is 14.8 Å². The van der Waals surface area contributed by atoms with Gasteiger partial charge < -0.3 is 5.11 Å². The number of aryl methyl sites for hydroxylation is 1. The number of aliphatic hydroxyl groups excluding tert-OH is 1. The van der Waals surface area contributed by atoms with Crippen molar-refractivity contribution in [2.24, 2.45) is 0 Å². The number of sulfone groups is 2. The van der Waals surface area contributed by atoms with Gasteiger partial charge in [-0.2, -0.15) is 13.2 Å². The van der Waals surface area contributed by atoms with Gasteiger partial charge in [-0.05, 0) is 0 Å². The Morgan fingerprint density at radius 2 is 1.80 bits per heavy atom. The van der Waals surface area contributed by atoms with E-state index in [0.717, 1.165) is 6.33 Å². The zero-order chi connectivity index (χ0) is 15.6. The fourth-order valence-electron chi connectivity index (χ4n) is 1.07. The number of aliphatic hydroxyl groups is 1. The molecule has 0 radical (unpaired) electrons. The first-order valence-corrected chi connectivity index (χ1v) is 8.32. The molecule has 0 saturated carbocycles. The summed E-state index contributed by atoms with van der Waals surface area (Å²) in [6.07, 6.45) is 0.802. The lowest BCUT2D eigenvalue weighted by Crippen LogP contribution is -2.28. The summed E-state index contributed by atoms with van der Waals surface area (Å²) < 4.78 is 81.3. The van der Waals surface area contributed by atoms with E-state index in [4.69, 9.17) is 5.11 Å². The monoisotopic (exact) mass is 337 g/mol.